The number of hydrogen-bond acceptors (Lipinski definition) is 3. The number of carbonyl (C=O) groups is 1. The Morgan fingerprint density at radius 2 is 2.22 bits per heavy atom. The molecule has 1 amide bonds. The first-order chi connectivity index (χ1) is 8.71. The first-order valence-corrected chi connectivity index (χ1v) is 7.54. The van der Waals surface area contributed by atoms with Crippen LogP contribution in [0.3, 0.4) is 0 Å². The highest BCUT2D eigenvalue weighted by Crippen LogP contribution is 2.37. The van der Waals surface area contributed by atoms with Crippen LogP contribution >= 0.6 is 11.3 Å². The zero-order chi connectivity index (χ0) is 13.0. The van der Waals surface area contributed by atoms with Gasteiger partial charge in [-0.1, -0.05) is 19.8 Å². The summed E-state index contributed by atoms with van der Waals surface area (Å²) in [6.07, 6.45) is 5.26. The van der Waals surface area contributed by atoms with E-state index in [9.17, 15) is 9.90 Å². The number of nitrogens with one attached hydrogen (secondary N) is 1. The molecule has 1 aliphatic rings. The lowest BCUT2D eigenvalue weighted by atomic mass is 9.87. The van der Waals surface area contributed by atoms with Crippen molar-refractivity contribution in [1.29, 1.82) is 0 Å². The molecule has 3 nitrogen and oxygen atoms in total. The largest absolute Gasteiger partial charge is 0.396 e. The van der Waals surface area contributed by atoms with Crippen LogP contribution in [-0.4, -0.2) is 24.2 Å². The molecule has 0 spiro atoms. The zero-order valence-corrected chi connectivity index (χ0v) is 11.7. The van der Waals surface area contributed by atoms with Gasteiger partial charge in [0, 0.05) is 12.0 Å². The summed E-state index contributed by atoms with van der Waals surface area (Å²) in [5, 5.41) is 14.5. The number of carbonyl (C=O) groups excluding carboxylic acids is 1. The Hall–Kier alpha value is -0.870. The van der Waals surface area contributed by atoms with E-state index >= 15 is 0 Å². The first kappa shape index (κ1) is 13.6. The lowest BCUT2D eigenvalue weighted by molar-refractivity contribution is 0.0883. The third-order valence-corrected chi connectivity index (χ3v) is 4.91. The van der Waals surface area contributed by atoms with Crippen molar-refractivity contribution >= 4 is 17.2 Å². The van der Waals surface area contributed by atoms with Gasteiger partial charge in [-0.05, 0) is 36.3 Å². The molecule has 1 aromatic heterocycles. The lowest BCUT2D eigenvalue weighted by Gasteiger charge is -2.26. The number of rotatable bonds is 5. The van der Waals surface area contributed by atoms with Crippen molar-refractivity contribution in [3.05, 3.63) is 21.9 Å². The minimum atomic E-state index is -0.0701. The number of aliphatic hydroxyl groups is 1. The molecule has 4 heteroatoms. The predicted molar refractivity (Wildman–Crippen MR) is 74.0 cm³/mol. The van der Waals surface area contributed by atoms with Gasteiger partial charge in [0.15, 0.2) is 0 Å². The molecule has 100 valence electrons. The minimum absolute atomic E-state index is 0.0153. The second kappa shape index (κ2) is 5.85. The van der Waals surface area contributed by atoms with E-state index < -0.39 is 0 Å². The maximum atomic E-state index is 12.1. The number of amides is 1. The van der Waals surface area contributed by atoms with Crippen LogP contribution in [0.25, 0.3) is 0 Å². The fraction of sp³-hybridized carbons (Fsp3) is 0.643. The molecule has 1 fully saturated rings. The highest BCUT2D eigenvalue weighted by atomic mass is 32.1. The van der Waals surface area contributed by atoms with Gasteiger partial charge in [0.25, 0.3) is 5.91 Å². The SMILES string of the molecule is CCc1ccsc1C(=O)NCC1(CO)CCCC1. The van der Waals surface area contributed by atoms with Crippen molar-refractivity contribution in [2.24, 2.45) is 5.41 Å². The third kappa shape index (κ3) is 2.75. The molecule has 0 radical (unpaired) electrons. The summed E-state index contributed by atoms with van der Waals surface area (Å²) < 4.78 is 0. The number of aryl methyl sites for hydroxylation is 1. The smallest absolute Gasteiger partial charge is 0.261 e. The van der Waals surface area contributed by atoms with E-state index in [-0.39, 0.29) is 17.9 Å². The molecule has 1 saturated carbocycles. The Labute approximate surface area is 112 Å². The van der Waals surface area contributed by atoms with Crippen LogP contribution in [0.15, 0.2) is 11.4 Å². The van der Waals surface area contributed by atoms with Crippen LogP contribution < -0.4 is 5.32 Å². The minimum Gasteiger partial charge on any atom is -0.396 e. The Bertz CT molecular complexity index is 408. The van der Waals surface area contributed by atoms with E-state index in [1.165, 1.54) is 11.3 Å². The molecular formula is C14H21NO2S. The van der Waals surface area contributed by atoms with Crippen molar-refractivity contribution in [2.45, 2.75) is 39.0 Å². The Morgan fingerprint density at radius 1 is 1.50 bits per heavy atom. The Balaban J connectivity index is 1.96. The molecule has 0 saturated heterocycles. The van der Waals surface area contributed by atoms with Gasteiger partial charge in [0.2, 0.25) is 0 Å². The monoisotopic (exact) mass is 267 g/mol. The van der Waals surface area contributed by atoms with E-state index in [1.807, 2.05) is 11.4 Å². The fourth-order valence-electron chi connectivity index (χ4n) is 2.68. The van der Waals surface area contributed by atoms with Crippen LogP contribution in [0.4, 0.5) is 0 Å². The van der Waals surface area contributed by atoms with Crippen LogP contribution in [-0.2, 0) is 6.42 Å². The summed E-state index contributed by atoms with van der Waals surface area (Å²) in [5.41, 5.74) is 1.04. The highest BCUT2D eigenvalue weighted by molar-refractivity contribution is 7.12. The van der Waals surface area contributed by atoms with Gasteiger partial charge in [-0.3, -0.25) is 4.79 Å². The molecule has 1 heterocycles. The van der Waals surface area contributed by atoms with Gasteiger partial charge in [-0.25, -0.2) is 0 Å². The summed E-state index contributed by atoms with van der Waals surface area (Å²) in [5.74, 6) is 0.0153. The topological polar surface area (TPSA) is 49.3 Å². The normalized spacial score (nSPS) is 17.9. The summed E-state index contributed by atoms with van der Waals surface area (Å²) in [6.45, 7) is 2.84. The van der Waals surface area contributed by atoms with Gasteiger partial charge in [0.05, 0.1) is 11.5 Å². The average molecular weight is 267 g/mol. The van der Waals surface area contributed by atoms with E-state index in [4.69, 9.17) is 0 Å². The molecule has 0 aliphatic heterocycles. The number of thiophene rings is 1. The maximum absolute atomic E-state index is 12.1. The molecule has 2 rings (SSSR count). The van der Waals surface area contributed by atoms with Crippen LogP contribution in [0, 0.1) is 5.41 Å². The van der Waals surface area contributed by atoms with Crippen molar-refractivity contribution in [3.63, 3.8) is 0 Å². The molecule has 0 aromatic carbocycles. The van der Waals surface area contributed by atoms with Gasteiger partial charge in [0.1, 0.15) is 0 Å². The van der Waals surface area contributed by atoms with Crippen LogP contribution in [0.1, 0.15) is 47.8 Å². The number of aliphatic hydroxyl groups excluding tert-OH is 1. The molecule has 0 bridgehead atoms. The summed E-state index contributed by atoms with van der Waals surface area (Å²) >= 11 is 1.50. The predicted octanol–water partition coefficient (Wildman–Crippen LogP) is 2.59. The van der Waals surface area contributed by atoms with Crippen molar-refractivity contribution in [2.75, 3.05) is 13.2 Å². The standard InChI is InChI=1S/C14H21NO2S/c1-2-11-5-8-18-12(11)13(17)15-9-14(10-16)6-3-4-7-14/h5,8,16H,2-4,6-7,9-10H2,1H3,(H,15,17). The molecule has 1 aliphatic carbocycles. The van der Waals surface area contributed by atoms with Crippen molar-refractivity contribution < 1.29 is 9.90 Å². The maximum Gasteiger partial charge on any atom is 0.261 e. The summed E-state index contributed by atoms with van der Waals surface area (Å²) in [6, 6.07) is 2.01. The zero-order valence-electron chi connectivity index (χ0n) is 10.9. The highest BCUT2D eigenvalue weighted by Gasteiger charge is 2.33. The fourth-order valence-corrected chi connectivity index (χ4v) is 3.59. The van der Waals surface area contributed by atoms with E-state index in [2.05, 4.69) is 12.2 Å². The first-order valence-electron chi connectivity index (χ1n) is 6.66. The van der Waals surface area contributed by atoms with Gasteiger partial charge in [-0.15, -0.1) is 11.3 Å². The van der Waals surface area contributed by atoms with Gasteiger partial charge in [-0.2, -0.15) is 0 Å². The molecule has 2 N–H and O–H groups in total. The quantitative estimate of drug-likeness (QED) is 0.861. The molecule has 0 unspecified atom stereocenters. The van der Waals surface area contributed by atoms with Gasteiger partial charge >= 0.3 is 0 Å². The van der Waals surface area contributed by atoms with Crippen molar-refractivity contribution in [1.82, 2.24) is 5.32 Å². The molecule has 1 aromatic rings. The van der Waals surface area contributed by atoms with Crippen LogP contribution in [0.5, 0.6) is 0 Å². The molecular weight excluding hydrogens is 246 g/mol. The van der Waals surface area contributed by atoms with E-state index in [0.29, 0.717) is 6.54 Å². The Kier molecular flexibility index (Phi) is 4.40. The van der Waals surface area contributed by atoms with Crippen molar-refractivity contribution in [3.8, 4) is 0 Å². The third-order valence-electron chi connectivity index (χ3n) is 3.96. The van der Waals surface area contributed by atoms with Crippen LogP contribution in [0.2, 0.25) is 0 Å². The summed E-state index contributed by atoms with van der Waals surface area (Å²) in [4.78, 5) is 12.9. The summed E-state index contributed by atoms with van der Waals surface area (Å²) in [7, 11) is 0. The Morgan fingerprint density at radius 3 is 2.83 bits per heavy atom. The number of hydrogen-bond donors (Lipinski definition) is 2. The molecule has 0 atom stereocenters. The van der Waals surface area contributed by atoms with Gasteiger partial charge < -0.3 is 10.4 Å². The second-order valence-electron chi connectivity index (χ2n) is 5.18. The lowest BCUT2D eigenvalue weighted by Crippen LogP contribution is -2.38. The van der Waals surface area contributed by atoms with E-state index in [1.54, 1.807) is 0 Å². The second-order valence-corrected chi connectivity index (χ2v) is 6.09. The average Bonchev–Trinajstić information content (AvgIpc) is 3.05. The molecule has 18 heavy (non-hydrogen) atoms. The van der Waals surface area contributed by atoms with E-state index in [0.717, 1.165) is 42.5 Å².